The van der Waals surface area contributed by atoms with Gasteiger partial charge in [-0.05, 0) is 101 Å². The zero-order valence-electron chi connectivity index (χ0n) is 57.9. The maximum absolute atomic E-state index is 15.4. The van der Waals surface area contributed by atoms with Crippen LogP contribution in [0.25, 0.3) is 0 Å². The highest BCUT2D eigenvalue weighted by molar-refractivity contribution is 7.80. The van der Waals surface area contributed by atoms with Crippen molar-refractivity contribution in [1.29, 1.82) is 0 Å². The van der Waals surface area contributed by atoms with Crippen LogP contribution < -0.4 is 21.3 Å². The highest BCUT2D eigenvalue weighted by atomic mass is 32.1. The predicted molar refractivity (Wildman–Crippen MR) is 346 cm³/mol. The summed E-state index contributed by atoms with van der Waals surface area (Å²) in [5.41, 5.74) is 0. The lowest BCUT2D eigenvalue weighted by Gasteiger charge is -2.42. The lowest BCUT2D eigenvalue weighted by atomic mass is 9.91. The van der Waals surface area contributed by atoms with Crippen LogP contribution in [0, 0.1) is 41.4 Å². The molecule has 1 aliphatic heterocycles. The van der Waals surface area contributed by atoms with E-state index in [1.165, 1.54) is 92.5 Å². The van der Waals surface area contributed by atoms with E-state index >= 15 is 19.2 Å². The van der Waals surface area contributed by atoms with Gasteiger partial charge in [0.2, 0.25) is 59.1 Å². The fourth-order valence-corrected chi connectivity index (χ4v) is 11.4. The summed E-state index contributed by atoms with van der Waals surface area (Å²) in [6, 6.07) is -11.7. The number of esters is 1. The Labute approximate surface area is 532 Å². The van der Waals surface area contributed by atoms with Crippen LogP contribution in [0.5, 0.6) is 0 Å². The van der Waals surface area contributed by atoms with Gasteiger partial charge in [-0.25, -0.2) is 0 Å². The molecule has 4 N–H and O–H groups in total. The summed E-state index contributed by atoms with van der Waals surface area (Å²) in [4.78, 5) is 169. The first-order valence-electron chi connectivity index (χ1n) is 31.4. The summed E-state index contributed by atoms with van der Waals surface area (Å²) in [6.07, 6.45) is 3.52. The molecule has 1 aliphatic rings. The zero-order chi connectivity index (χ0) is 68.3. The fourth-order valence-electron chi connectivity index (χ4n) is 11.0. The molecule has 88 heavy (non-hydrogen) atoms. The van der Waals surface area contributed by atoms with Gasteiger partial charge in [0.05, 0.1) is 17.6 Å². The average molecular weight is 1260 g/mol. The second-order valence-corrected chi connectivity index (χ2v) is 27.1. The van der Waals surface area contributed by atoms with E-state index in [0.29, 0.717) is 12.8 Å². The first-order chi connectivity index (χ1) is 40.6. The second kappa shape index (κ2) is 36.5. The molecule has 1 fully saturated rings. The van der Waals surface area contributed by atoms with Crippen LogP contribution >= 0.6 is 12.2 Å². The van der Waals surface area contributed by atoms with Crippen molar-refractivity contribution in [2.24, 2.45) is 41.4 Å². The highest BCUT2D eigenvalue weighted by Gasteiger charge is 2.47. The number of ether oxygens (including phenoxy) is 1. The number of hydrogen-bond acceptors (Lipinski definition) is 13. The number of thiocarbonyl (C=S) groups is 1. The summed E-state index contributed by atoms with van der Waals surface area (Å²) >= 11 is 6.03. The maximum Gasteiger partial charge on any atom is 0.303 e. The van der Waals surface area contributed by atoms with E-state index in [2.05, 4.69) is 21.3 Å². The van der Waals surface area contributed by atoms with Gasteiger partial charge in [-0.3, -0.25) is 52.7 Å². The second-order valence-electron chi connectivity index (χ2n) is 26.7. The summed E-state index contributed by atoms with van der Waals surface area (Å²) in [6.45, 7) is 31.1. The smallest absolute Gasteiger partial charge is 0.303 e. The van der Waals surface area contributed by atoms with Crippen LogP contribution in [0.4, 0.5) is 0 Å². The first kappa shape index (κ1) is 79.8. The minimum atomic E-state index is -1.58. The van der Waals surface area contributed by atoms with Crippen LogP contribution in [0.15, 0.2) is 12.2 Å². The summed E-state index contributed by atoms with van der Waals surface area (Å²) < 4.78 is 5.95. The van der Waals surface area contributed by atoms with Crippen LogP contribution in [0.3, 0.4) is 0 Å². The molecule has 24 heteroatoms. The van der Waals surface area contributed by atoms with Crippen molar-refractivity contribution in [1.82, 2.24) is 55.6 Å². The highest BCUT2D eigenvalue weighted by Crippen LogP contribution is 2.27. The number of rotatable bonds is 16. The summed E-state index contributed by atoms with van der Waals surface area (Å²) in [5.74, 6) is -9.16. The van der Waals surface area contributed by atoms with Gasteiger partial charge in [-0.2, -0.15) is 0 Å². The minimum Gasteiger partial charge on any atom is -0.459 e. The molecule has 1 saturated heterocycles. The molecule has 0 radical (unpaired) electrons. The topological polar surface area (TPSA) is 268 Å². The Morgan fingerprint density at radius 1 is 0.523 bits per heavy atom. The van der Waals surface area contributed by atoms with Crippen LogP contribution in [0.2, 0.25) is 0 Å². The minimum absolute atomic E-state index is 0.0165. The first-order valence-corrected chi connectivity index (χ1v) is 31.9. The van der Waals surface area contributed by atoms with Crippen molar-refractivity contribution in [3.8, 4) is 0 Å². The lowest BCUT2D eigenvalue weighted by Crippen LogP contribution is -2.64. The van der Waals surface area contributed by atoms with Gasteiger partial charge in [0.1, 0.15) is 60.5 Å². The van der Waals surface area contributed by atoms with E-state index in [4.69, 9.17) is 17.0 Å². The number of hydrogen-bond donors (Lipinski definition) is 4. The van der Waals surface area contributed by atoms with E-state index in [9.17, 15) is 33.6 Å². The van der Waals surface area contributed by atoms with Gasteiger partial charge in [0, 0.05) is 56.3 Å². The van der Waals surface area contributed by atoms with Gasteiger partial charge in [-0.1, -0.05) is 121 Å². The van der Waals surface area contributed by atoms with Crippen molar-refractivity contribution in [2.45, 2.75) is 230 Å². The SMILES string of the molecule is C/C=C/C[C@@H](C)[C@@H](OC(C)=O)[C@H]1C(=O)N[C@@H](CC)C(=O)N(C)CC(=O)N(C)[C@@H](CC(C)C)C(=S)N[C@@H](C(C)C)C(=O)N(C)[C@@H](CC(C)C)C(=O)N[C@@H](C)C(=O)N[C@H](C)C(=O)N(C)[C@@H](CC(C)C)C(=O)N(C)[C@@H](CC(C)C)C(=O)N(C)[C@@H](C(C)C)C(=O)N1C. The Balaban J connectivity index is 4.43. The third kappa shape index (κ3) is 22.7. The number of carbonyl (C=O) groups excluding carboxylic acids is 11. The molecule has 1 heterocycles. The van der Waals surface area contributed by atoms with Crippen molar-refractivity contribution in [2.75, 3.05) is 55.9 Å². The van der Waals surface area contributed by atoms with E-state index in [1.54, 1.807) is 47.7 Å². The van der Waals surface area contributed by atoms with Crippen molar-refractivity contribution < 1.29 is 57.5 Å². The third-order valence-electron chi connectivity index (χ3n) is 16.3. The normalized spacial score (nSPS) is 26.3. The van der Waals surface area contributed by atoms with Gasteiger partial charge >= 0.3 is 5.97 Å². The molecular weight excluding hydrogens is 1150 g/mol. The Morgan fingerprint density at radius 3 is 1.42 bits per heavy atom. The standard InChI is InChI=1S/C64H113N11O12S/c1-26-28-29-41(15)54(87-44(18)76)53-57(80)67-45(27-2)60(82)69(19)34-50(77)70(20)47(31-36(5)6)58(88)68-51(39(11)12)63(85)71(21)46(30-35(3)4)56(79)65-42(16)55(78)66-43(17)59(81)72(22)48(32-37(7)8)61(83)73(23)49(33-38(9)10)62(84)74(24)52(40(13)14)64(86)75(53)25/h26,28,35-43,45-49,51-54H,27,29-34H2,1-25H3,(H,65,79)(H,66,78)(H,67,80)(H,68,88)/b28-26+/t41-,42+,43-,45+,46+,47+,48+,49+,51+,52+,53+,54-/m1/s1. The largest absolute Gasteiger partial charge is 0.459 e. The summed E-state index contributed by atoms with van der Waals surface area (Å²) in [7, 11) is 10.2. The fraction of sp³-hybridized carbons (Fsp3) is 0.781. The quantitative estimate of drug-likeness (QED) is 0.0932. The molecular formula is C64H113N11O12S. The molecule has 0 unspecified atom stereocenters. The number of likely N-dealkylation sites (N-methyl/N-ethyl adjacent to an activating group) is 7. The number of nitrogens with zero attached hydrogens (tertiary/aromatic N) is 7. The van der Waals surface area contributed by atoms with E-state index in [1.807, 2.05) is 75.3 Å². The molecule has 10 amide bonds. The van der Waals surface area contributed by atoms with E-state index in [0.717, 1.165) is 4.90 Å². The van der Waals surface area contributed by atoms with Crippen LogP contribution in [-0.2, 0) is 57.5 Å². The third-order valence-corrected chi connectivity index (χ3v) is 16.7. The molecule has 502 valence electrons. The molecule has 0 aromatic rings. The van der Waals surface area contributed by atoms with Gasteiger partial charge in [0.15, 0.2) is 0 Å². The van der Waals surface area contributed by atoms with Gasteiger partial charge in [-0.15, -0.1) is 0 Å². The number of allylic oxidation sites excluding steroid dienone is 2. The van der Waals surface area contributed by atoms with Crippen molar-refractivity contribution >= 4 is 82.2 Å². The maximum atomic E-state index is 15.4. The molecule has 0 aromatic heterocycles. The monoisotopic (exact) mass is 1260 g/mol. The lowest BCUT2D eigenvalue weighted by molar-refractivity contribution is -0.164. The molecule has 0 aromatic carbocycles. The molecule has 0 aliphatic carbocycles. The number of nitrogens with one attached hydrogen (secondary N) is 4. The molecule has 0 saturated carbocycles. The molecule has 12 atom stereocenters. The molecule has 1 rings (SSSR count). The number of amides is 10. The predicted octanol–water partition coefficient (Wildman–Crippen LogP) is 4.64. The Hall–Kier alpha value is -6.20. The van der Waals surface area contributed by atoms with Gasteiger partial charge in [0.25, 0.3) is 0 Å². The molecule has 23 nitrogen and oxygen atoms in total. The van der Waals surface area contributed by atoms with E-state index in [-0.39, 0.29) is 54.3 Å². The zero-order valence-corrected chi connectivity index (χ0v) is 58.8. The summed E-state index contributed by atoms with van der Waals surface area (Å²) in [5, 5.41) is 11.5. The van der Waals surface area contributed by atoms with Crippen LogP contribution in [-0.4, -0.2) is 227 Å². The van der Waals surface area contributed by atoms with E-state index < -0.39 is 156 Å². The Bertz CT molecular complexity index is 2450. The average Bonchev–Trinajstić information content (AvgIpc) is 2.69. The van der Waals surface area contributed by atoms with Crippen LogP contribution in [0.1, 0.15) is 163 Å². The number of carbonyl (C=O) groups is 11. The Kier molecular flexibility index (Phi) is 33.1. The van der Waals surface area contributed by atoms with Crippen molar-refractivity contribution in [3.63, 3.8) is 0 Å². The van der Waals surface area contributed by atoms with Crippen molar-refractivity contribution in [3.05, 3.63) is 12.2 Å². The van der Waals surface area contributed by atoms with Gasteiger partial charge < -0.3 is 60.3 Å². The Morgan fingerprint density at radius 2 is 0.966 bits per heavy atom. The molecule has 0 bridgehead atoms. The molecule has 0 spiro atoms.